The highest BCUT2D eigenvalue weighted by Gasteiger charge is 2.26. The Balaban J connectivity index is 1.79. The molecule has 1 aliphatic rings. The van der Waals surface area contributed by atoms with Crippen molar-refractivity contribution < 1.29 is 19.1 Å². The molecular weight excluding hydrogens is 294 g/mol. The smallest absolute Gasteiger partial charge is 0.287 e. The van der Waals surface area contributed by atoms with Crippen molar-refractivity contribution in [2.24, 2.45) is 5.92 Å². The minimum Gasteiger partial charge on any atom is -0.493 e. The van der Waals surface area contributed by atoms with Gasteiger partial charge in [0.2, 0.25) is 0 Å². The molecule has 0 radical (unpaired) electrons. The van der Waals surface area contributed by atoms with E-state index in [1.807, 2.05) is 12.1 Å². The lowest BCUT2D eigenvalue weighted by atomic mass is 9.95. The largest absolute Gasteiger partial charge is 0.493 e. The number of carbonyl (C=O) groups excluding carboxylic acids is 1. The summed E-state index contributed by atoms with van der Waals surface area (Å²) in [5.74, 6) is 0.795. The molecule has 1 aromatic heterocycles. The van der Waals surface area contributed by atoms with Crippen molar-refractivity contribution in [3.8, 4) is 5.75 Å². The molecule has 1 aliphatic carbocycles. The first kappa shape index (κ1) is 15.9. The molecule has 23 heavy (non-hydrogen) atoms. The molecule has 5 nitrogen and oxygen atoms in total. The van der Waals surface area contributed by atoms with Gasteiger partial charge in [-0.2, -0.15) is 0 Å². The normalized spacial score (nSPS) is 21.8. The van der Waals surface area contributed by atoms with Crippen molar-refractivity contribution >= 4 is 16.9 Å². The monoisotopic (exact) mass is 317 g/mol. The Kier molecular flexibility index (Phi) is 4.86. The highest BCUT2D eigenvalue weighted by molar-refractivity contribution is 5.97. The minimum atomic E-state index is -0.228. The molecule has 0 saturated heterocycles. The lowest BCUT2D eigenvalue weighted by Crippen LogP contribution is -2.41. The van der Waals surface area contributed by atoms with Crippen LogP contribution in [0.2, 0.25) is 0 Å². The van der Waals surface area contributed by atoms with E-state index < -0.39 is 0 Å². The Morgan fingerprint density at radius 2 is 2.17 bits per heavy atom. The molecule has 0 aliphatic heterocycles. The summed E-state index contributed by atoms with van der Waals surface area (Å²) in [6.07, 6.45) is 5.20. The van der Waals surface area contributed by atoms with Gasteiger partial charge in [-0.05, 0) is 25.0 Å². The molecule has 2 unspecified atom stereocenters. The van der Waals surface area contributed by atoms with E-state index in [1.165, 1.54) is 0 Å². The molecule has 1 saturated carbocycles. The number of fused-ring (bicyclic) bond motifs is 1. The van der Waals surface area contributed by atoms with Crippen molar-refractivity contribution in [3.63, 3.8) is 0 Å². The molecule has 3 rings (SSSR count). The summed E-state index contributed by atoms with van der Waals surface area (Å²) in [5.41, 5.74) is 0.583. The van der Waals surface area contributed by atoms with E-state index in [0.717, 1.165) is 37.5 Å². The zero-order valence-corrected chi connectivity index (χ0v) is 13.4. The molecule has 0 bridgehead atoms. The number of rotatable bonds is 4. The van der Waals surface area contributed by atoms with E-state index in [-0.39, 0.29) is 30.2 Å². The van der Waals surface area contributed by atoms with Crippen LogP contribution in [0.5, 0.6) is 5.75 Å². The summed E-state index contributed by atoms with van der Waals surface area (Å²) in [7, 11) is 1.58. The molecule has 2 atom stereocenters. The van der Waals surface area contributed by atoms with Gasteiger partial charge in [-0.15, -0.1) is 0 Å². The van der Waals surface area contributed by atoms with E-state index in [9.17, 15) is 9.90 Å². The van der Waals surface area contributed by atoms with Crippen LogP contribution in [0.3, 0.4) is 0 Å². The van der Waals surface area contributed by atoms with Gasteiger partial charge in [0, 0.05) is 24.0 Å². The van der Waals surface area contributed by atoms with Crippen molar-refractivity contribution in [1.82, 2.24) is 5.32 Å². The fourth-order valence-corrected chi connectivity index (χ4v) is 3.34. The third kappa shape index (κ3) is 3.34. The predicted molar refractivity (Wildman–Crippen MR) is 87.7 cm³/mol. The summed E-state index contributed by atoms with van der Waals surface area (Å²) in [6, 6.07) is 7.30. The van der Waals surface area contributed by atoms with Gasteiger partial charge in [-0.3, -0.25) is 4.79 Å². The van der Waals surface area contributed by atoms with E-state index in [1.54, 1.807) is 19.2 Å². The summed E-state index contributed by atoms with van der Waals surface area (Å²) in [5, 5.41) is 13.4. The average Bonchev–Trinajstić information content (AvgIpc) is 2.89. The van der Waals surface area contributed by atoms with E-state index in [4.69, 9.17) is 9.15 Å². The van der Waals surface area contributed by atoms with Crippen LogP contribution in [0.25, 0.3) is 11.0 Å². The number of hydrogen-bond donors (Lipinski definition) is 2. The zero-order chi connectivity index (χ0) is 16.2. The minimum absolute atomic E-state index is 0.00473. The second-order valence-corrected chi connectivity index (χ2v) is 6.15. The van der Waals surface area contributed by atoms with Gasteiger partial charge in [0.25, 0.3) is 5.91 Å². The number of methoxy groups -OCH3 is 1. The van der Waals surface area contributed by atoms with Crippen LogP contribution in [0.4, 0.5) is 0 Å². The quantitative estimate of drug-likeness (QED) is 0.850. The van der Waals surface area contributed by atoms with Crippen molar-refractivity contribution in [1.29, 1.82) is 0 Å². The zero-order valence-electron chi connectivity index (χ0n) is 13.4. The number of nitrogens with one attached hydrogen (secondary N) is 1. The maximum absolute atomic E-state index is 12.5. The van der Waals surface area contributed by atoms with Gasteiger partial charge >= 0.3 is 0 Å². The van der Waals surface area contributed by atoms with Crippen LogP contribution in [-0.4, -0.2) is 30.8 Å². The standard InChI is InChI=1S/C18H23NO4/c1-22-15-9-5-7-12-10-16(23-17(12)15)18(21)19-14-8-4-2-3-6-13(14)11-20/h5,7,9-10,13-14,20H,2-4,6,8,11H2,1H3,(H,19,21). The Morgan fingerprint density at radius 1 is 1.35 bits per heavy atom. The van der Waals surface area contributed by atoms with Crippen LogP contribution in [0, 0.1) is 5.92 Å². The number of aliphatic hydroxyl groups excluding tert-OH is 1. The molecule has 1 amide bonds. The first-order chi connectivity index (χ1) is 11.2. The number of para-hydroxylation sites is 1. The lowest BCUT2D eigenvalue weighted by molar-refractivity contribution is 0.0873. The number of benzene rings is 1. The second kappa shape index (κ2) is 7.04. The van der Waals surface area contributed by atoms with Crippen molar-refractivity contribution in [2.45, 2.75) is 38.1 Å². The number of carbonyl (C=O) groups is 1. The molecule has 5 heteroatoms. The molecule has 2 aromatic rings. The van der Waals surface area contributed by atoms with Gasteiger partial charge in [-0.1, -0.05) is 31.4 Å². The maximum atomic E-state index is 12.5. The van der Waals surface area contributed by atoms with Gasteiger partial charge in [0.15, 0.2) is 17.1 Å². The predicted octanol–water partition coefficient (Wildman–Crippen LogP) is 3.11. The third-order valence-corrected chi connectivity index (χ3v) is 4.66. The Bertz CT molecular complexity index is 679. The molecule has 0 spiro atoms. The topological polar surface area (TPSA) is 71.7 Å². The maximum Gasteiger partial charge on any atom is 0.287 e. The number of amides is 1. The molecule has 1 heterocycles. The molecule has 1 fully saturated rings. The van der Waals surface area contributed by atoms with Crippen LogP contribution >= 0.6 is 0 Å². The summed E-state index contributed by atoms with van der Waals surface area (Å²) in [4.78, 5) is 12.5. The van der Waals surface area contributed by atoms with Crippen LogP contribution in [0.1, 0.15) is 42.7 Å². The Hall–Kier alpha value is -2.01. The third-order valence-electron chi connectivity index (χ3n) is 4.66. The number of furan rings is 1. The van der Waals surface area contributed by atoms with Gasteiger partial charge in [0.1, 0.15) is 0 Å². The van der Waals surface area contributed by atoms with E-state index in [2.05, 4.69) is 5.32 Å². The summed E-state index contributed by atoms with van der Waals surface area (Å²) < 4.78 is 11.0. The van der Waals surface area contributed by atoms with Crippen LogP contribution in [0.15, 0.2) is 28.7 Å². The van der Waals surface area contributed by atoms with Gasteiger partial charge in [0.05, 0.1) is 7.11 Å². The Morgan fingerprint density at radius 3 is 2.96 bits per heavy atom. The molecule has 1 aromatic carbocycles. The summed E-state index contributed by atoms with van der Waals surface area (Å²) in [6.45, 7) is 0.110. The number of aliphatic hydroxyl groups is 1. The fourth-order valence-electron chi connectivity index (χ4n) is 3.34. The lowest BCUT2D eigenvalue weighted by Gasteiger charge is -2.23. The molecule has 124 valence electrons. The first-order valence-electron chi connectivity index (χ1n) is 8.21. The fraction of sp³-hybridized carbons (Fsp3) is 0.500. The molecule has 2 N–H and O–H groups in total. The van der Waals surface area contributed by atoms with Crippen molar-refractivity contribution in [2.75, 3.05) is 13.7 Å². The second-order valence-electron chi connectivity index (χ2n) is 6.15. The van der Waals surface area contributed by atoms with Crippen LogP contribution < -0.4 is 10.1 Å². The SMILES string of the molecule is COc1cccc2cc(C(=O)NC3CCCCCC3CO)oc12. The van der Waals surface area contributed by atoms with Crippen molar-refractivity contribution in [3.05, 3.63) is 30.0 Å². The van der Waals surface area contributed by atoms with E-state index in [0.29, 0.717) is 11.3 Å². The summed E-state index contributed by atoms with van der Waals surface area (Å²) >= 11 is 0. The average molecular weight is 317 g/mol. The van der Waals surface area contributed by atoms with E-state index >= 15 is 0 Å². The van der Waals surface area contributed by atoms with Crippen LogP contribution in [-0.2, 0) is 0 Å². The number of hydrogen-bond acceptors (Lipinski definition) is 4. The van der Waals surface area contributed by atoms with Gasteiger partial charge < -0.3 is 19.6 Å². The highest BCUT2D eigenvalue weighted by atomic mass is 16.5. The highest BCUT2D eigenvalue weighted by Crippen LogP contribution is 2.29. The number of ether oxygens (including phenoxy) is 1. The Labute approximate surface area is 135 Å². The first-order valence-corrected chi connectivity index (χ1v) is 8.21. The molecular formula is C18H23NO4. The van der Waals surface area contributed by atoms with Gasteiger partial charge in [-0.25, -0.2) is 0 Å².